The van der Waals surface area contributed by atoms with E-state index in [4.69, 9.17) is 5.79 Å². The third-order valence-electron chi connectivity index (χ3n) is 7.54. The molecule has 0 saturated carbocycles. The van der Waals surface area contributed by atoms with E-state index < -0.39 is 0 Å². The first-order valence-corrected chi connectivity index (χ1v) is 12.6. The van der Waals surface area contributed by atoms with Gasteiger partial charge in [0.2, 0.25) is 0 Å². The molecule has 0 aliphatic heterocycles. The van der Waals surface area contributed by atoms with Gasteiger partial charge in [0.15, 0.2) is 0 Å². The Morgan fingerprint density at radius 1 is 0.459 bits per heavy atom. The highest BCUT2D eigenvalue weighted by Gasteiger charge is 2.20. The van der Waals surface area contributed by atoms with Crippen LogP contribution < -0.4 is 0 Å². The molecule has 0 fully saturated rings. The second-order valence-corrected chi connectivity index (χ2v) is 9.60. The van der Waals surface area contributed by atoms with Crippen molar-refractivity contribution in [1.82, 2.24) is 0 Å². The van der Waals surface area contributed by atoms with Crippen molar-refractivity contribution in [2.45, 2.75) is 0 Å². The number of hydrogen-bond acceptors (Lipinski definition) is 1. The van der Waals surface area contributed by atoms with Crippen molar-refractivity contribution < 1.29 is 5.79 Å². The second kappa shape index (κ2) is 7.81. The minimum Gasteiger partial charge on any atom is -0.456 e. The van der Waals surface area contributed by atoms with Gasteiger partial charge >= 0.3 is 0 Å². The van der Waals surface area contributed by atoms with Gasteiger partial charge in [0.05, 0.1) is 1.37 Å². The minimum absolute atomic E-state index is 0.531. The van der Waals surface area contributed by atoms with E-state index in [-0.39, 0.29) is 0 Å². The zero-order chi connectivity index (χ0) is 25.2. The fraction of sp³-hybridized carbons (Fsp3) is 0. The minimum atomic E-state index is 0.531. The van der Waals surface area contributed by atoms with Gasteiger partial charge in [-0.3, -0.25) is 0 Å². The third kappa shape index (κ3) is 2.98. The average molecular weight is 472 g/mol. The molecule has 0 radical (unpaired) electrons. The summed E-state index contributed by atoms with van der Waals surface area (Å²) in [7, 11) is 0. The van der Waals surface area contributed by atoms with E-state index >= 15 is 0 Å². The molecule has 0 N–H and O–H groups in total. The Morgan fingerprint density at radius 2 is 1.11 bits per heavy atom. The first kappa shape index (κ1) is 19.3. The standard InChI is InChI=1S/C36H22O/c1-2-11-23(12-3-1)34-26-15-6-8-17-28(26)35(29-18-9-7-16-27(29)34)30-19-10-20-32-36(30)31-21-24-13-4-5-14-25(24)22-33(31)37-32/h1-22H/i15D. The SMILES string of the molecule is [2H]c1cccc2c(-c3cccc4oc5cc6ccccc6cc5c34)c3ccccc3c(-c3ccccc3)c12. The van der Waals surface area contributed by atoms with Gasteiger partial charge in [-0.2, -0.15) is 0 Å². The van der Waals surface area contributed by atoms with Gasteiger partial charge in [0.1, 0.15) is 11.2 Å². The molecule has 1 nitrogen and oxygen atoms in total. The summed E-state index contributed by atoms with van der Waals surface area (Å²) in [4.78, 5) is 0. The Hall–Kier alpha value is -4.88. The molecule has 0 aliphatic rings. The Balaban J connectivity index is 1.59. The summed E-state index contributed by atoms with van der Waals surface area (Å²) in [6.45, 7) is 0. The monoisotopic (exact) mass is 471 g/mol. The van der Waals surface area contributed by atoms with Crippen LogP contribution in [0.2, 0.25) is 0 Å². The van der Waals surface area contributed by atoms with Gasteiger partial charge in [-0.05, 0) is 72.8 Å². The molecule has 0 aliphatic carbocycles. The Labute approximate surface area is 215 Å². The third-order valence-corrected chi connectivity index (χ3v) is 7.54. The molecule has 172 valence electrons. The Morgan fingerprint density at radius 3 is 1.92 bits per heavy atom. The van der Waals surface area contributed by atoms with E-state index in [1.807, 2.05) is 18.2 Å². The summed E-state index contributed by atoms with van der Waals surface area (Å²) < 4.78 is 15.5. The predicted molar refractivity (Wildman–Crippen MR) is 157 cm³/mol. The molecule has 0 spiro atoms. The van der Waals surface area contributed by atoms with Gasteiger partial charge in [-0.1, -0.05) is 115 Å². The fourth-order valence-corrected chi connectivity index (χ4v) is 5.97. The fourth-order valence-electron chi connectivity index (χ4n) is 5.97. The number of fused-ring (bicyclic) bond motifs is 6. The Bertz CT molecular complexity index is 2190. The van der Waals surface area contributed by atoms with E-state index in [0.29, 0.717) is 6.04 Å². The molecule has 8 rings (SSSR count). The molecule has 0 atom stereocenters. The Kier molecular flexibility index (Phi) is 4.08. The van der Waals surface area contributed by atoms with Gasteiger partial charge < -0.3 is 4.42 Å². The van der Waals surface area contributed by atoms with Crippen LogP contribution in [-0.4, -0.2) is 0 Å². The van der Waals surface area contributed by atoms with E-state index in [0.717, 1.165) is 60.4 Å². The maximum Gasteiger partial charge on any atom is 0.136 e. The highest BCUT2D eigenvalue weighted by atomic mass is 16.3. The molecule has 1 aromatic heterocycles. The summed E-state index contributed by atoms with van der Waals surface area (Å²) in [6, 6.07) is 44.8. The summed E-state index contributed by atoms with van der Waals surface area (Å²) in [5.74, 6) is 0. The van der Waals surface area contributed by atoms with Crippen molar-refractivity contribution in [1.29, 1.82) is 0 Å². The first-order chi connectivity index (χ1) is 18.8. The van der Waals surface area contributed by atoms with E-state index in [1.165, 1.54) is 16.2 Å². The van der Waals surface area contributed by atoms with Crippen LogP contribution in [0.25, 0.3) is 76.5 Å². The van der Waals surface area contributed by atoms with Crippen molar-refractivity contribution in [3.63, 3.8) is 0 Å². The van der Waals surface area contributed by atoms with Crippen LogP contribution in [0.5, 0.6) is 0 Å². The van der Waals surface area contributed by atoms with E-state index in [9.17, 15) is 0 Å². The van der Waals surface area contributed by atoms with Gasteiger partial charge in [0, 0.05) is 10.8 Å². The predicted octanol–water partition coefficient (Wildman–Crippen LogP) is 10.4. The molecule has 1 heterocycles. The molecular formula is C36H22O. The largest absolute Gasteiger partial charge is 0.456 e. The molecule has 0 unspecified atom stereocenters. The van der Waals surface area contributed by atoms with E-state index in [2.05, 4.69) is 109 Å². The summed E-state index contributed by atoms with van der Waals surface area (Å²) in [6.07, 6.45) is 0. The van der Waals surface area contributed by atoms with Crippen LogP contribution in [0.1, 0.15) is 1.37 Å². The van der Waals surface area contributed by atoms with Crippen LogP contribution in [0.3, 0.4) is 0 Å². The van der Waals surface area contributed by atoms with Crippen LogP contribution in [-0.2, 0) is 0 Å². The van der Waals surface area contributed by atoms with E-state index in [1.54, 1.807) is 0 Å². The first-order valence-electron chi connectivity index (χ1n) is 13.1. The average Bonchev–Trinajstić information content (AvgIpc) is 3.33. The van der Waals surface area contributed by atoms with Crippen molar-refractivity contribution in [3.8, 4) is 22.3 Å². The van der Waals surface area contributed by atoms with Crippen molar-refractivity contribution in [2.24, 2.45) is 0 Å². The molecule has 0 saturated heterocycles. The number of hydrogen-bond donors (Lipinski definition) is 0. The maximum absolute atomic E-state index is 9.02. The summed E-state index contributed by atoms with van der Waals surface area (Å²) in [5.41, 5.74) is 6.27. The lowest BCUT2D eigenvalue weighted by molar-refractivity contribution is 0.669. The molecular weight excluding hydrogens is 448 g/mol. The zero-order valence-corrected chi connectivity index (χ0v) is 20.0. The van der Waals surface area contributed by atoms with Gasteiger partial charge in [-0.15, -0.1) is 0 Å². The summed E-state index contributed by atoms with van der Waals surface area (Å²) in [5, 5.41) is 8.97. The van der Waals surface area contributed by atoms with Crippen LogP contribution in [0.4, 0.5) is 0 Å². The highest BCUT2D eigenvalue weighted by molar-refractivity contribution is 6.26. The number of rotatable bonds is 2. The molecule has 8 aromatic rings. The van der Waals surface area contributed by atoms with Crippen molar-refractivity contribution in [3.05, 3.63) is 133 Å². The topological polar surface area (TPSA) is 13.1 Å². The van der Waals surface area contributed by atoms with Crippen LogP contribution >= 0.6 is 0 Å². The lowest BCUT2D eigenvalue weighted by atomic mass is 9.85. The zero-order valence-electron chi connectivity index (χ0n) is 21.0. The molecule has 0 amide bonds. The molecule has 0 bridgehead atoms. The highest BCUT2D eigenvalue weighted by Crippen LogP contribution is 2.47. The summed E-state index contributed by atoms with van der Waals surface area (Å²) >= 11 is 0. The lowest BCUT2D eigenvalue weighted by Gasteiger charge is -2.18. The van der Waals surface area contributed by atoms with Crippen molar-refractivity contribution >= 4 is 54.3 Å². The quantitative estimate of drug-likeness (QED) is 0.229. The lowest BCUT2D eigenvalue weighted by Crippen LogP contribution is -1.91. The maximum atomic E-state index is 9.02. The number of benzene rings is 7. The van der Waals surface area contributed by atoms with Crippen molar-refractivity contribution in [2.75, 3.05) is 0 Å². The smallest absolute Gasteiger partial charge is 0.136 e. The molecule has 7 aromatic carbocycles. The molecule has 1 heteroatoms. The van der Waals surface area contributed by atoms with Crippen LogP contribution in [0.15, 0.2) is 138 Å². The second-order valence-electron chi connectivity index (χ2n) is 9.60. The number of furan rings is 1. The van der Waals surface area contributed by atoms with Gasteiger partial charge in [-0.25, -0.2) is 0 Å². The van der Waals surface area contributed by atoms with Gasteiger partial charge in [0.25, 0.3) is 0 Å². The van der Waals surface area contributed by atoms with Crippen LogP contribution in [0, 0.1) is 0 Å². The normalized spacial score (nSPS) is 12.2. The molecule has 37 heavy (non-hydrogen) atoms.